The van der Waals surface area contributed by atoms with Gasteiger partial charge in [0.25, 0.3) is 0 Å². The van der Waals surface area contributed by atoms with Crippen LogP contribution in [0.2, 0.25) is 0 Å². The first-order valence-corrected chi connectivity index (χ1v) is 6.38. The lowest BCUT2D eigenvalue weighted by Gasteiger charge is -2.33. The summed E-state index contributed by atoms with van der Waals surface area (Å²) in [6, 6.07) is 3.59. The minimum absolute atomic E-state index is 0.0259. The van der Waals surface area contributed by atoms with Crippen LogP contribution in [-0.4, -0.2) is 42.8 Å². The van der Waals surface area contributed by atoms with Crippen LogP contribution in [0.25, 0.3) is 0 Å². The average molecular weight is 263 g/mol. The summed E-state index contributed by atoms with van der Waals surface area (Å²) in [5, 5.41) is 10.1. The number of carbonyl (C=O) groups is 1. The van der Waals surface area contributed by atoms with Gasteiger partial charge in [-0.1, -0.05) is 0 Å². The highest BCUT2D eigenvalue weighted by molar-refractivity contribution is 5.80. The van der Waals surface area contributed by atoms with Crippen molar-refractivity contribution in [3.8, 4) is 11.5 Å². The standard InChI is InChI=1S/C14H17NO4/c1-18-11-5-8-3-4-15-13(17)7-10(16)14(15)9(8)6-12(11)19-2/h5-6,10,14,16H,3-4,7H2,1-2H3/t10-,14+/m0/s1. The second kappa shape index (κ2) is 4.42. The molecule has 0 unspecified atom stereocenters. The molecule has 1 aromatic carbocycles. The van der Waals surface area contributed by atoms with Gasteiger partial charge < -0.3 is 19.5 Å². The third-order valence-electron chi connectivity index (χ3n) is 3.99. The number of benzene rings is 1. The minimum atomic E-state index is -0.635. The van der Waals surface area contributed by atoms with E-state index in [9.17, 15) is 9.90 Å². The van der Waals surface area contributed by atoms with Crippen molar-refractivity contribution < 1.29 is 19.4 Å². The van der Waals surface area contributed by atoms with Gasteiger partial charge in [0.05, 0.1) is 32.8 Å². The van der Waals surface area contributed by atoms with E-state index in [0.717, 1.165) is 17.5 Å². The molecule has 2 aliphatic heterocycles. The maximum Gasteiger partial charge on any atom is 0.225 e. The Kier molecular flexibility index (Phi) is 2.86. The molecule has 2 aliphatic rings. The van der Waals surface area contributed by atoms with Crippen LogP contribution in [-0.2, 0) is 11.2 Å². The number of hydrogen-bond donors (Lipinski definition) is 1. The number of fused-ring (bicyclic) bond motifs is 3. The van der Waals surface area contributed by atoms with Gasteiger partial charge in [0.1, 0.15) is 0 Å². The molecule has 3 rings (SSSR count). The fourth-order valence-electron chi connectivity index (χ4n) is 3.08. The van der Waals surface area contributed by atoms with Gasteiger partial charge in [-0.25, -0.2) is 0 Å². The molecule has 2 heterocycles. The molecule has 0 aliphatic carbocycles. The molecule has 1 saturated heterocycles. The number of amides is 1. The van der Waals surface area contributed by atoms with Crippen LogP contribution in [0.15, 0.2) is 12.1 Å². The second-order valence-electron chi connectivity index (χ2n) is 4.96. The molecular weight excluding hydrogens is 246 g/mol. The predicted molar refractivity (Wildman–Crippen MR) is 68.3 cm³/mol. The molecule has 1 N–H and O–H groups in total. The molecular formula is C14H17NO4. The van der Waals surface area contributed by atoms with Crippen LogP contribution < -0.4 is 9.47 Å². The molecule has 5 nitrogen and oxygen atoms in total. The molecule has 0 bridgehead atoms. The highest BCUT2D eigenvalue weighted by atomic mass is 16.5. The SMILES string of the molecule is COc1cc2c(cc1OC)[C@@H]1[C@@H](O)CC(=O)N1CC2. The summed E-state index contributed by atoms with van der Waals surface area (Å²) < 4.78 is 10.6. The Hall–Kier alpha value is -1.75. The molecule has 1 amide bonds. The fraction of sp³-hybridized carbons (Fsp3) is 0.500. The Morgan fingerprint density at radius 2 is 1.95 bits per heavy atom. The quantitative estimate of drug-likeness (QED) is 0.861. The number of hydrogen-bond acceptors (Lipinski definition) is 4. The highest BCUT2D eigenvalue weighted by Crippen LogP contribution is 2.42. The van der Waals surface area contributed by atoms with Crippen molar-refractivity contribution in [2.24, 2.45) is 0 Å². The number of methoxy groups -OCH3 is 2. The highest BCUT2D eigenvalue weighted by Gasteiger charge is 2.43. The maximum atomic E-state index is 11.8. The van der Waals surface area contributed by atoms with Crippen molar-refractivity contribution in [3.63, 3.8) is 0 Å². The smallest absolute Gasteiger partial charge is 0.225 e. The lowest BCUT2D eigenvalue weighted by molar-refractivity contribution is -0.129. The Bertz CT molecular complexity index is 528. The first kappa shape index (κ1) is 12.3. The summed E-state index contributed by atoms with van der Waals surface area (Å²) in [5.74, 6) is 1.35. The molecule has 102 valence electrons. The number of carbonyl (C=O) groups excluding carboxylic acids is 1. The summed E-state index contributed by atoms with van der Waals surface area (Å²) >= 11 is 0. The molecule has 0 aromatic heterocycles. The predicted octanol–water partition coefficient (Wildman–Crippen LogP) is 0.894. The van der Waals surface area contributed by atoms with Crippen LogP contribution in [0.4, 0.5) is 0 Å². The summed E-state index contributed by atoms with van der Waals surface area (Å²) in [5.41, 5.74) is 2.09. The third kappa shape index (κ3) is 1.76. The molecule has 0 radical (unpaired) electrons. The number of rotatable bonds is 2. The van der Waals surface area contributed by atoms with Gasteiger partial charge >= 0.3 is 0 Å². The molecule has 1 aromatic rings. The van der Waals surface area contributed by atoms with Crippen LogP contribution in [0, 0.1) is 0 Å². The molecule has 1 fully saturated rings. The van der Waals surface area contributed by atoms with E-state index in [2.05, 4.69) is 0 Å². The summed E-state index contributed by atoms with van der Waals surface area (Å²) in [4.78, 5) is 13.6. The fourth-order valence-corrected chi connectivity index (χ4v) is 3.08. The molecule has 5 heteroatoms. The number of aliphatic hydroxyl groups excluding tert-OH is 1. The van der Waals surface area contributed by atoms with Gasteiger partial charge in [-0.15, -0.1) is 0 Å². The van der Waals surface area contributed by atoms with Crippen LogP contribution >= 0.6 is 0 Å². The lowest BCUT2D eigenvalue weighted by Crippen LogP contribution is -2.36. The van der Waals surface area contributed by atoms with E-state index in [1.165, 1.54) is 0 Å². The third-order valence-corrected chi connectivity index (χ3v) is 3.99. The van der Waals surface area contributed by atoms with Crippen molar-refractivity contribution in [2.75, 3.05) is 20.8 Å². The molecule has 19 heavy (non-hydrogen) atoms. The summed E-state index contributed by atoms with van der Waals surface area (Å²) in [6.07, 6.45) is 0.355. The van der Waals surface area contributed by atoms with Gasteiger partial charge in [-0.3, -0.25) is 4.79 Å². The van der Waals surface area contributed by atoms with E-state index < -0.39 is 6.10 Å². The maximum absolute atomic E-state index is 11.8. The van der Waals surface area contributed by atoms with E-state index in [1.54, 1.807) is 19.1 Å². The van der Waals surface area contributed by atoms with Gasteiger partial charge in [0.2, 0.25) is 5.91 Å². The lowest BCUT2D eigenvalue weighted by atomic mass is 9.91. The van der Waals surface area contributed by atoms with Crippen molar-refractivity contribution in [1.29, 1.82) is 0 Å². The largest absolute Gasteiger partial charge is 0.493 e. The Morgan fingerprint density at radius 1 is 1.26 bits per heavy atom. The van der Waals surface area contributed by atoms with Crippen molar-refractivity contribution in [1.82, 2.24) is 4.90 Å². The van der Waals surface area contributed by atoms with Crippen LogP contribution in [0.5, 0.6) is 11.5 Å². The number of aliphatic hydroxyl groups is 1. The molecule has 0 spiro atoms. The monoisotopic (exact) mass is 263 g/mol. The Morgan fingerprint density at radius 3 is 2.63 bits per heavy atom. The van der Waals surface area contributed by atoms with Gasteiger partial charge in [-0.05, 0) is 29.7 Å². The zero-order valence-electron chi connectivity index (χ0n) is 11.0. The number of nitrogens with zero attached hydrogens (tertiary/aromatic N) is 1. The Labute approximate surface area is 111 Å². The summed E-state index contributed by atoms with van der Waals surface area (Å²) in [7, 11) is 3.19. The van der Waals surface area contributed by atoms with Gasteiger partial charge in [0.15, 0.2) is 11.5 Å². The minimum Gasteiger partial charge on any atom is -0.493 e. The van der Waals surface area contributed by atoms with E-state index in [4.69, 9.17) is 9.47 Å². The zero-order valence-corrected chi connectivity index (χ0v) is 11.0. The van der Waals surface area contributed by atoms with E-state index >= 15 is 0 Å². The van der Waals surface area contributed by atoms with Crippen molar-refractivity contribution >= 4 is 5.91 Å². The zero-order chi connectivity index (χ0) is 13.6. The van der Waals surface area contributed by atoms with Crippen LogP contribution in [0.3, 0.4) is 0 Å². The first-order chi connectivity index (χ1) is 9.15. The Balaban J connectivity index is 2.09. The van der Waals surface area contributed by atoms with E-state index in [-0.39, 0.29) is 18.4 Å². The van der Waals surface area contributed by atoms with E-state index in [1.807, 2.05) is 12.1 Å². The second-order valence-corrected chi connectivity index (χ2v) is 4.96. The van der Waals surface area contributed by atoms with Crippen molar-refractivity contribution in [2.45, 2.75) is 25.0 Å². The summed E-state index contributed by atoms with van der Waals surface area (Å²) in [6.45, 7) is 0.656. The normalized spacial score (nSPS) is 25.0. The average Bonchev–Trinajstić information content (AvgIpc) is 2.72. The number of ether oxygens (including phenoxy) is 2. The van der Waals surface area contributed by atoms with E-state index in [0.29, 0.717) is 18.0 Å². The molecule has 0 saturated carbocycles. The topological polar surface area (TPSA) is 59.0 Å². The van der Waals surface area contributed by atoms with Gasteiger partial charge in [0, 0.05) is 6.54 Å². The van der Waals surface area contributed by atoms with Crippen LogP contribution in [0.1, 0.15) is 23.6 Å². The van der Waals surface area contributed by atoms with Gasteiger partial charge in [-0.2, -0.15) is 0 Å². The molecule has 2 atom stereocenters. The van der Waals surface area contributed by atoms with Crippen molar-refractivity contribution in [3.05, 3.63) is 23.3 Å². The first-order valence-electron chi connectivity index (χ1n) is 6.38.